The zero-order valence-corrected chi connectivity index (χ0v) is 13.6. The Balaban J connectivity index is 1.62. The lowest BCUT2D eigenvalue weighted by atomic mass is 9.76. The number of nitrogens with zero attached hydrogens (tertiary/aromatic N) is 4. The topological polar surface area (TPSA) is 74.1 Å². The van der Waals surface area contributed by atoms with Crippen molar-refractivity contribution in [2.24, 2.45) is 7.05 Å². The molecule has 4 rings (SSSR count). The van der Waals surface area contributed by atoms with Crippen LogP contribution < -0.4 is 5.32 Å². The maximum Gasteiger partial charge on any atom is 0.133 e. The van der Waals surface area contributed by atoms with Gasteiger partial charge in [0.2, 0.25) is 0 Å². The minimum Gasteiger partial charge on any atom is -0.379 e. The predicted octanol–water partition coefficient (Wildman–Crippen LogP) is 1.18. The molecule has 2 saturated heterocycles. The van der Waals surface area contributed by atoms with Crippen molar-refractivity contribution in [1.82, 2.24) is 19.7 Å². The highest BCUT2D eigenvalue weighted by Crippen LogP contribution is 2.37. The van der Waals surface area contributed by atoms with Crippen molar-refractivity contribution < 1.29 is 9.47 Å². The number of halogens is 1. The second kappa shape index (κ2) is 5.74. The Kier molecular flexibility index (Phi) is 3.71. The molecule has 0 spiro atoms. The Morgan fingerprint density at radius 3 is 2.74 bits per heavy atom. The summed E-state index contributed by atoms with van der Waals surface area (Å²) in [6.45, 7) is 2.70. The van der Waals surface area contributed by atoms with E-state index < -0.39 is 0 Å². The van der Waals surface area contributed by atoms with Crippen molar-refractivity contribution in [1.29, 1.82) is 0 Å². The number of hydrogen-bond acceptors (Lipinski definition) is 6. The third-order valence-electron chi connectivity index (χ3n) is 4.45. The van der Waals surface area contributed by atoms with E-state index in [0.29, 0.717) is 37.6 Å². The molecule has 0 aromatic carbocycles. The monoisotopic (exact) mass is 335 g/mol. The van der Waals surface area contributed by atoms with Crippen LogP contribution in [0.25, 0.3) is 0 Å². The van der Waals surface area contributed by atoms with Crippen LogP contribution in [0.3, 0.4) is 0 Å². The lowest BCUT2D eigenvalue weighted by Crippen LogP contribution is -2.49. The van der Waals surface area contributed by atoms with Crippen LogP contribution in [0.2, 0.25) is 5.15 Å². The largest absolute Gasteiger partial charge is 0.379 e. The molecule has 2 aliphatic rings. The van der Waals surface area contributed by atoms with Crippen LogP contribution >= 0.6 is 11.6 Å². The molecule has 0 amide bonds. The van der Waals surface area contributed by atoms with Gasteiger partial charge in [-0.25, -0.2) is 4.98 Å². The Morgan fingerprint density at radius 1 is 1.35 bits per heavy atom. The lowest BCUT2D eigenvalue weighted by Gasteiger charge is -2.42. The molecule has 0 radical (unpaired) electrons. The van der Waals surface area contributed by atoms with Gasteiger partial charge in [0.05, 0.1) is 32.5 Å². The summed E-state index contributed by atoms with van der Waals surface area (Å²) in [4.78, 5) is 4.37. The molecule has 2 aromatic rings. The molecule has 0 atom stereocenters. The summed E-state index contributed by atoms with van der Waals surface area (Å²) in [7, 11) is 1.95. The Morgan fingerprint density at radius 2 is 2.17 bits per heavy atom. The smallest absolute Gasteiger partial charge is 0.133 e. The van der Waals surface area contributed by atoms with Gasteiger partial charge in [0.25, 0.3) is 0 Å². The number of nitrogens with one attached hydrogen (secondary N) is 1. The highest BCUT2D eigenvalue weighted by Gasteiger charge is 2.42. The first-order valence-electron chi connectivity index (χ1n) is 7.58. The van der Waals surface area contributed by atoms with Crippen LogP contribution in [0.5, 0.6) is 0 Å². The van der Waals surface area contributed by atoms with Crippen molar-refractivity contribution in [2.45, 2.75) is 17.9 Å². The third-order valence-corrected chi connectivity index (χ3v) is 4.65. The summed E-state index contributed by atoms with van der Waals surface area (Å²) >= 11 is 6.24. The van der Waals surface area contributed by atoms with Gasteiger partial charge in [0.15, 0.2) is 0 Å². The van der Waals surface area contributed by atoms with Gasteiger partial charge in [-0.2, -0.15) is 0 Å². The lowest BCUT2D eigenvalue weighted by molar-refractivity contribution is -0.0611. The van der Waals surface area contributed by atoms with E-state index in [4.69, 9.17) is 21.1 Å². The average Bonchev–Trinajstić information content (AvgIpc) is 2.83. The van der Waals surface area contributed by atoms with Gasteiger partial charge < -0.3 is 19.4 Å². The molecule has 0 saturated carbocycles. The Labute approximate surface area is 139 Å². The highest BCUT2D eigenvalue weighted by molar-refractivity contribution is 6.29. The van der Waals surface area contributed by atoms with Crippen LogP contribution in [0.1, 0.15) is 11.4 Å². The molecule has 0 aliphatic carbocycles. The first-order chi connectivity index (χ1) is 11.1. The SMILES string of the molecule is Cn1cnnc1CC1(c2cc(Cl)nc(NC3COC3)c2)COC1. The third kappa shape index (κ3) is 2.80. The first-order valence-corrected chi connectivity index (χ1v) is 7.95. The maximum absolute atomic E-state index is 6.24. The maximum atomic E-state index is 6.24. The highest BCUT2D eigenvalue weighted by atomic mass is 35.5. The Bertz CT molecular complexity index is 712. The molecular formula is C15H18ClN5O2. The van der Waals surface area contributed by atoms with Crippen molar-refractivity contribution in [3.05, 3.63) is 35.0 Å². The fraction of sp³-hybridized carbons (Fsp3) is 0.533. The van der Waals surface area contributed by atoms with Crippen molar-refractivity contribution in [3.8, 4) is 0 Å². The van der Waals surface area contributed by atoms with E-state index in [1.54, 1.807) is 6.33 Å². The van der Waals surface area contributed by atoms with Gasteiger partial charge >= 0.3 is 0 Å². The van der Waals surface area contributed by atoms with Crippen LogP contribution in [-0.2, 0) is 28.4 Å². The molecule has 0 unspecified atom stereocenters. The van der Waals surface area contributed by atoms with Crippen LogP contribution in [-0.4, -0.2) is 52.2 Å². The second-order valence-corrected chi connectivity index (χ2v) is 6.64. The standard InChI is InChI=1S/C15H18ClN5O2/c1-21-9-17-20-14(21)4-15(7-23-8-15)10-2-12(16)19-13(3-10)18-11-5-22-6-11/h2-3,9,11H,4-8H2,1H3,(H,18,19). The van der Waals surface area contributed by atoms with Gasteiger partial charge in [-0.05, 0) is 17.7 Å². The van der Waals surface area contributed by atoms with Gasteiger partial charge in [-0.15, -0.1) is 10.2 Å². The van der Waals surface area contributed by atoms with Gasteiger partial charge in [-0.3, -0.25) is 0 Å². The minimum atomic E-state index is -0.125. The molecule has 1 N–H and O–H groups in total. The van der Waals surface area contributed by atoms with E-state index in [9.17, 15) is 0 Å². The second-order valence-electron chi connectivity index (χ2n) is 6.25. The number of pyridine rings is 1. The summed E-state index contributed by atoms with van der Waals surface area (Å²) in [5.74, 6) is 1.72. The molecule has 4 heterocycles. The summed E-state index contributed by atoms with van der Waals surface area (Å²) < 4.78 is 12.6. The normalized spacial score (nSPS) is 19.9. The molecule has 2 fully saturated rings. The van der Waals surface area contributed by atoms with Crippen molar-refractivity contribution in [3.63, 3.8) is 0 Å². The average molecular weight is 336 g/mol. The number of hydrogen-bond donors (Lipinski definition) is 1. The van der Waals surface area contributed by atoms with Crippen LogP contribution in [0.4, 0.5) is 5.82 Å². The molecule has 7 nitrogen and oxygen atoms in total. The molecule has 2 aliphatic heterocycles. The van der Waals surface area contributed by atoms with Gasteiger partial charge in [0, 0.05) is 18.9 Å². The van der Waals surface area contributed by atoms with E-state index in [-0.39, 0.29) is 5.41 Å². The molecule has 8 heteroatoms. The quantitative estimate of drug-likeness (QED) is 0.827. The molecule has 0 bridgehead atoms. The summed E-state index contributed by atoms with van der Waals surface area (Å²) in [6.07, 6.45) is 2.47. The van der Waals surface area contributed by atoms with Crippen molar-refractivity contribution >= 4 is 17.4 Å². The van der Waals surface area contributed by atoms with Crippen molar-refractivity contribution in [2.75, 3.05) is 31.7 Å². The van der Waals surface area contributed by atoms with Crippen LogP contribution in [0.15, 0.2) is 18.5 Å². The number of anilines is 1. The van der Waals surface area contributed by atoms with Crippen LogP contribution in [0, 0.1) is 0 Å². The summed E-state index contributed by atoms with van der Waals surface area (Å²) in [6, 6.07) is 4.28. The first kappa shape index (κ1) is 14.9. The van der Waals surface area contributed by atoms with E-state index in [2.05, 4.69) is 26.6 Å². The number of ether oxygens (including phenoxy) is 2. The summed E-state index contributed by atoms with van der Waals surface area (Å²) in [5.41, 5.74) is 0.995. The summed E-state index contributed by atoms with van der Waals surface area (Å²) in [5, 5.41) is 12.0. The number of aromatic nitrogens is 4. The van der Waals surface area contributed by atoms with E-state index in [1.807, 2.05) is 17.7 Å². The fourth-order valence-electron chi connectivity index (χ4n) is 2.89. The Hall–Kier alpha value is -1.70. The minimum absolute atomic E-state index is 0.125. The molecule has 122 valence electrons. The molecular weight excluding hydrogens is 318 g/mol. The molecule has 2 aromatic heterocycles. The van der Waals surface area contributed by atoms with E-state index >= 15 is 0 Å². The zero-order valence-electron chi connectivity index (χ0n) is 12.8. The van der Waals surface area contributed by atoms with Gasteiger partial charge in [0.1, 0.15) is 23.1 Å². The zero-order chi connectivity index (χ0) is 15.9. The van der Waals surface area contributed by atoms with Gasteiger partial charge in [-0.1, -0.05) is 11.6 Å². The fourth-order valence-corrected chi connectivity index (χ4v) is 3.10. The predicted molar refractivity (Wildman–Crippen MR) is 84.7 cm³/mol. The number of rotatable bonds is 5. The van der Waals surface area contributed by atoms with E-state index in [0.717, 1.165) is 23.6 Å². The molecule has 23 heavy (non-hydrogen) atoms. The number of aryl methyl sites for hydroxylation is 1. The van der Waals surface area contributed by atoms with E-state index in [1.165, 1.54) is 0 Å².